The molecule has 1 heterocycles. The zero-order chi connectivity index (χ0) is 19.5. The molecule has 2 aliphatic rings. The van der Waals surface area contributed by atoms with Crippen LogP contribution >= 0.6 is 24.0 Å². The first-order valence-corrected chi connectivity index (χ1v) is 9.24. The first kappa shape index (κ1) is 22.8. The summed E-state index contributed by atoms with van der Waals surface area (Å²) >= 11 is 0. The Morgan fingerprint density at radius 2 is 2.11 bits per heavy atom. The lowest BCUT2D eigenvalue weighted by Crippen LogP contribution is -2.54. The smallest absolute Gasteiger partial charge is 0.356 e. The van der Waals surface area contributed by atoms with Crippen molar-refractivity contribution in [3.63, 3.8) is 0 Å². The van der Waals surface area contributed by atoms with E-state index in [1.54, 1.807) is 13.1 Å². The van der Waals surface area contributed by atoms with Crippen molar-refractivity contribution in [1.29, 1.82) is 0 Å². The number of aliphatic imine (C=N–C) groups is 1. The molecular formula is C19H26F3IN4O. The SMILES string of the molecule is CN=C(NCC1(c2cccc(C(F)(F)F)c2)CCC1)NC1CCC(=O)NC1.I. The molecule has 1 amide bonds. The van der Waals surface area contributed by atoms with Crippen LogP contribution in [0.25, 0.3) is 0 Å². The van der Waals surface area contributed by atoms with Crippen LogP contribution in [-0.2, 0) is 16.4 Å². The van der Waals surface area contributed by atoms with E-state index in [4.69, 9.17) is 0 Å². The van der Waals surface area contributed by atoms with Gasteiger partial charge in [-0.05, 0) is 30.9 Å². The summed E-state index contributed by atoms with van der Waals surface area (Å²) in [4.78, 5) is 15.5. The Morgan fingerprint density at radius 3 is 2.64 bits per heavy atom. The highest BCUT2D eigenvalue weighted by Gasteiger charge is 2.40. The van der Waals surface area contributed by atoms with Crippen LogP contribution in [0.2, 0.25) is 0 Å². The van der Waals surface area contributed by atoms with E-state index >= 15 is 0 Å². The van der Waals surface area contributed by atoms with Gasteiger partial charge in [-0.3, -0.25) is 9.79 Å². The molecule has 0 bridgehead atoms. The van der Waals surface area contributed by atoms with E-state index < -0.39 is 11.7 Å². The highest BCUT2D eigenvalue weighted by atomic mass is 127. The Kier molecular flexibility index (Phi) is 7.58. The molecule has 3 rings (SSSR count). The summed E-state index contributed by atoms with van der Waals surface area (Å²) in [5, 5.41) is 9.36. The number of alkyl halides is 3. The van der Waals surface area contributed by atoms with Crippen LogP contribution in [0.15, 0.2) is 29.3 Å². The lowest BCUT2D eigenvalue weighted by molar-refractivity contribution is -0.137. The van der Waals surface area contributed by atoms with E-state index in [1.807, 2.05) is 0 Å². The average molecular weight is 510 g/mol. The number of hydrogen-bond donors (Lipinski definition) is 3. The highest BCUT2D eigenvalue weighted by Crippen LogP contribution is 2.44. The third-order valence-electron chi connectivity index (χ3n) is 5.54. The Hall–Kier alpha value is -1.52. The normalized spacial score (nSPS) is 21.8. The van der Waals surface area contributed by atoms with Gasteiger partial charge in [0.05, 0.1) is 5.56 Å². The second-order valence-corrected chi connectivity index (χ2v) is 7.32. The maximum Gasteiger partial charge on any atom is 0.416 e. The van der Waals surface area contributed by atoms with Gasteiger partial charge < -0.3 is 16.0 Å². The topological polar surface area (TPSA) is 65.5 Å². The first-order valence-electron chi connectivity index (χ1n) is 9.24. The minimum absolute atomic E-state index is 0. The number of nitrogens with one attached hydrogen (secondary N) is 3. The summed E-state index contributed by atoms with van der Waals surface area (Å²) in [6.07, 6.45) is -0.445. The second-order valence-electron chi connectivity index (χ2n) is 7.32. The van der Waals surface area contributed by atoms with Gasteiger partial charge in [-0.1, -0.05) is 24.6 Å². The Balaban J connectivity index is 0.00000280. The van der Waals surface area contributed by atoms with Gasteiger partial charge in [0.1, 0.15) is 0 Å². The minimum Gasteiger partial charge on any atom is -0.356 e. The lowest BCUT2D eigenvalue weighted by Gasteiger charge is -2.43. The number of carbonyl (C=O) groups is 1. The van der Waals surface area contributed by atoms with E-state index in [2.05, 4.69) is 20.9 Å². The van der Waals surface area contributed by atoms with Crippen LogP contribution in [0.4, 0.5) is 13.2 Å². The van der Waals surface area contributed by atoms with Crippen molar-refractivity contribution in [2.24, 2.45) is 4.99 Å². The van der Waals surface area contributed by atoms with Gasteiger partial charge in [-0.2, -0.15) is 13.2 Å². The Bertz CT molecular complexity index is 709. The molecule has 3 N–H and O–H groups in total. The van der Waals surface area contributed by atoms with E-state index in [-0.39, 0.29) is 41.3 Å². The van der Waals surface area contributed by atoms with Crippen molar-refractivity contribution in [2.45, 2.75) is 49.7 Å². The summed E-state index contributed by atoms with van der Waals surface area (Å²) in [5.41, 5.74) is -0.192. The molecule has 1 atom stereocenters. The molecule has 0 spiro atoms. The number of benzene rings is 1. The molecule has 1 saturated carbocycles. The molecule has 1 unspecified atom stereocenters. The van der Waals surface area contributed by atoms with Crippen molar-refractivity contribution in [3.05, 3.63) is 35.4 Å². The van der Waals surface area contributed by atoms with Gasteiger partial charge in [-0.25, -0.2) is 0 Å². The molecular weight excluding hydrogens is 484 g/mol. The molecule has 1 aromatic carbocycles. The van der Waals surface area contributed by atoms with Gasteiger partial charge in [0, 0.05) is 38.0 Å². The van der Waals surface area contributed by atoms with Crippen LogP contribution in [0, 0.1) is 0 Å². The average Bonchev–Trinajstić information content (AvgIpc) is 2.61. The number of rotatable bonds is 4. The van der Waals surface area contributed by atoms with E-state index in [1.165, 1.54) is 12.1 Å². The molecule has 2 fully saturated rings. The summed E-state index contributed by atoms with van der Waals surface area (Å²) in [5.74, 6) is 0.656. The monoisotopic (exact) mass is 510 g/mol. The number of guanidine groups is 1. The minimum atomic E-state index is -4.34. The molecule has 0 radical (unpaired) electrons. The Morgan fingerprint density at radius 1 is 1.36 bits per heavy atom. The van der Waals surface area contributed by atoms with E-state index in [0.29, 0.717) is 25.5 Å². The van der Waals surface area contributed by atoms with Crippen LogP contribution < -0.4 is 16.0 Å². The maximum atomic E-state index is 13.1. The van der Waals surface area contributed by atoms with Crippen LogP contribution in [-0.4, -0.2) is 38.0 Å². The molecule has 9 heteroatoms. The number of piperidine rings is 1. The van der Waals surface area contributed by atoms with Gasteiger partial charge in [-0.15, -0.1) is 24.0 Å². The number of nitrogens with zero attached hydrogens (tertiary/aromatic N) is 1. The molecule has 1 saturated heterocycles. The van der Waals surface area contributed by atoms with Gasteiger partial charge in [0.15, 0.2) is 5.96 Å². The summed E-state index contributed by atoms with van der Waals surface area (Å²) < 4.78 is 39.2. The van der Waals surface area contributed by atoms with Gasteiger partial charge in [0.2, 0.25) is 5.91 Å². The van der Waals surface area contributed by atoms with E-state index in [9.17, 15) is 18.0 Å². The zero-order valence-electron chi connectivity index (χ0n) is 15.7. The van der Waals surface area contributed by atoms with Crippen LogP contribution in [0.3, 0.4) is 0 Å². The van der Waals surface area contributed by atoms with Crippen molar-refractivity contribution in [1.82, 2.24) is 16.0 Å². The second kappa shape index (κ2) is 9.32. The summed E-state index contributed by atoms with van der Waals surface area (Å²) in [6, 6.07) is 5.74. The fraction of sp³-hybridized carbons (Fsp3) is 0.579. The highest BCUT2D eigenvalue weighted by molar-refractivity contribution is 14.0. The Labute approximate surface area is 180 Å². The molecule has 28 heavy (non-hydrogen) atoms. The molecule has 1 aliphatic heterocycles. The third kappa shape index (κ3) is 5.30. The van der Waals surface area contributed by atoms with Gasteiger partial charge >= 0.3 is 6.18 Å². The lowest BCUT2D eigenvalue weighted by atomic mass is 9.64. The zero-order valence-corrected chi connectivity index (χ0v) is 18.1. The van der Waals surface area contributed by atoms with Gasteiger partial charge in [0.25, 0.3) is 0 Å². The predicted octanol–water partition coefficient (Wildman–Crippen LogP) is 3.19. The molecule has 1 aromatic rings. The fourth-order valence-corrected chi connectivity index (χ4v) is 3.69. The maximum absolute atomic E-state index is 13.1. The third-order valence-corrected chi connectivity index (χ3v) is 5.54. The summed E-state index contributed by atoms with van der Waals surface area (Å²) in [7, 11) is 1.66. The molecule has 156 valence electrons. The number of halogens is 4. The predicted molar refractivity (Wildman–Crippen MR) is 113 cm³/mol. The van der Waals surface area contributed by atoms with Crippen LogP contribution in [0.5, 0.6) is 0 Å². The molecule has 0 aromatic heterocycles. The number of hydrogen-bond acceptors (Lipinski definition) is 2. The summed E-state index contributed by atoms with van der Waals surface area (Å²) in [6.45, 7) is 1.06. The van der Waals surface area contributed by atoms with E-state index in [0.717, 1.165) is 37.3 Å². The van der Waals surface area contributed by atoms with Crippen molar-refractivity contribution in [2.75, 3.05) is 20.1 Å². The van der Waals surface area contributed by atoms with Crippen molar-refractivity contribution in [3.8, 4) is 0 Å². The molecule has 1 aliphatic carbocycles. The standard InChI is InChI=1S/C19H25F3N4O.HI/c1-23-17(26-15-6-7-16(27)24-11-15)25-12-18(8-3-9-18)13-4-2-5-14(10-13)19(20,21)22;/h2,4-5,10,15H,3,6-9,11-12H2,1H3,(H,24,27)(H2,23,25,26);1H. The number of carbonyl (C=O) groups excluding carboxylic acids is 1. The first-order chi connectivity index (χ1) is 12.8. The van der Waals surface area contributed by atoms with Crippen LogP contribution in [0.1, 0.15) is 43.2 Å². The quantitative estimate of drug-likeness (QED) is 0.331. The van der Waals surface area contributed by atoms with Crippen molar-refractivity contribution < 1.29 is 18.0 Å². The largest absolute Gasteiger partial charge is 0.416 e. The van der Waals surface area contributed by atoms with Crippen molar-refractivity contribution >= 4 is 35.8 Å². The number of amides is 1. The molecule has 5 nitrogen and oxygen atoms in total. The fourth-order valence-electron chi connectivity index (χ4n) is 3.69.